The van der Waals surface area contributed by atoms with Gasteiger partial charge in [-0.25, -0.2) is 0 Å². The molecular weight excluding hydrogens is 432 g/mol. The summed E-state index contributed by atoms with van der Waals surface area (Å²) in [6.45, 7) is 9.18. The standard InChI is InChI=1S/C24H32O9/c1-9-8-22(9)18(29)14-15(28)16(32-10(2)25)17-20(4,5)13(27)7-12-21(17,6)24(14,31)23(12,30)19(22)33-11(3)26/h9,12,14-17,19,28,30-31H,7-8H2,1-6H3/t9-,12+,14+,15+,16-,17-,19-,21+,22-,23+,24+/m1/s1. The molecule has 0 bridgehead atoms. The normalized spacial score (nSPS) is 55.4. The van der Waals surface area contributed by atoms with E-state index in [0.717, 1.165) is 0 Å². The first-order chi connectivity index (χ1) is 15.1. The summed E-state index contributed by atoms with van der Waals surface area (Å²) in [5, 5.41) is 36.0. The molecule has 5 fully saturated rings. The highest BCUT2D eigenvalue weighted by atomic mass is 16.6. The van der Waals surface area contributed by atoms with Gasteiger partial charge >= 0.3 is 11.9 Å². The SMILES string of the molecule is CC(=O)O[C@@H]1[C@@H](O)[C@H]2C(=O)[C@]3(C[C@H]3C)[C@@H](OC(C)=O)[C@@]3(O)[C@H]4CC(=O)C(C)(C)[C@@H]1[C@@]4(C)[C@@]23O. The average Bonchev–Trinajstić information content (AvgIpc) is 3.36. The molecule has 9 heteroatoms. The molecule has 0 radical (unpaired) electrons. The van der Waals surface area contributed by atoms with Gasteiger partial charge in [0.1, 0.15) is 35.3 Å². The maximum Gasteiger partial charge on any atom is 0.303 e. The van der Waals surface area contributed by atoms with E-state index in [2.05, 4.69) is 0 Å². The fraction of sp³-hybridized carbons (Fsp3) is 0.833. The van der Waals surface area contributed by atoms with Crippen LogP contribution in [0.5, 0.6) is 0 Å². The molecule has 0 aromatic rings. The minimum Gasteiger partial charge on any atom is -0.459 e. The van der Waals surface area contributed by atoms with Crippen molar-refractivity contribution < 1.29 is 44.0 Å². The third kappa shape index (κ3) is 2.08. The van der Waals surface area contributed by atoms with Crippen LogP contribution in [-0.2, 0) is 28.7 Å². The number of fused-ring (bicyclic) bond motifs is 1. The molecule has 182 valence electrons. The van der Waals surface area contributed by atoms with Crippen molar-refractivity contribution in [3.8, 4) is 0 Å². The number of ketones is 2. The van der Waals surface area contributed by atoms with E-state index in [4.69, 9.17) is 9.47 Å². The Morgan fingerprint density at radius 3 is 2.06 bits per heavy atom. The second kappa shape index (κ2) is 6.04. The van der Waals surface area contributed by atoms with E-state index < -0.39 is 81.2 Å². The number of aliphatic hydroxyl groups is 3. The van der Waals surface area contributed by atoms with Gasteiger partial charge in [0.25, 0.3) is 0 Å². The summed E-state index contributed by atoms with van der Waals surface area (Å²) in [4.78, 5) is 51.4. The zero-order valence-electron chi connectivity index (χ0n) is 19.7. The summed E-state index contributed by atoms with van der Waals surface area (Å²) in [6.07, 6.45) is -3.97. The Hall–Kier alpha value is -1.84. The number of rotatable bonds is 2. The lowest BCUT2D eigenvalue weighted by Crippen LogP contribution is -2.97. The number of esters is 2. The van der Waals surface area contributed by atoms with Crippen LogP contribution >= 0.6 is 0 Å². The van der Waals surface area contributed by atoms with Crippen LogP contribution in [-0.4, -0.2) is 68.3 Å². The second-order valence-corrected chi connectivity index (χ2v) is 11.8. The molecule has 0 aromatic heterocycles. The first kappa shape index (κ1) is 22.9. The molecule has 3 N–H and O–H groups in total. The van der Waals surface area contributed by atoms with E-state index in [1.165, 1.54) is 13.8 Å². The molecule has 33 heavy (non-hydrogen) atoms. The highest BCUT2D eigenvalue weighted by molar-refractivity contribution is 5.97. The molecule has 5 rings (SSSR count). The molecule has 5 aliphatic carbocycles. The minimum atomic E-state index is -2.17. The van der Waals surface area contributed by atoms with Crippen molar-refractivity contribution in [2.75, 3.05) is 0 Å². The van der Waals surface area contributed by atoms with Gasteiger partial charge in [-0.15, -0.1) is 0 Å². The maximum atomic E-state index is 14.0. The Balaban J connectivity index is 1.79. The number of Topliss-reactive ketones (excluding diaryl/α,β-unsaturated/α-hetero) is 2. The first-order valence-electron chi connectivity index (χ1n) is 11.6. The van der Waals surface area contributed by atoms with Crippen molar-refractivity contribution in [1.29, 1.82) is 0 Å². The van der Waals surface area contributed by atoms with E-state index in [9.17, 15) is 34.5 Å². The Kier molecular flexibility index (Phi) is 4.20. The van der Waals surface area contributed by atoms with Gasteiger partial charge in [-0.1, -0.05) is 27.7 Å². The van der Waals surface area contributed by atoms with Gasteiger partial charge in [0.2, 0.25) is 0 Å². The highest BCUT2D eigenvalue weighted by Crippen LogP contribution is 2.82. The summed E-state index contributed by atoms with van der Waals surface area (Å²) >= 11 is 0. The molecular formula is C24H32O9. The summed E-state index contributed by atoms with van der Waals surface area (Å²) in [6, 6.07) is 0. The smallest absolute Gasteiger partial charge is 0.303 e. The fourth-order valence-electron chi connectivity index (χ4n) is 8.89. The average molecular weight is 465 g/mol. The number of hydrogen-bond acceptors (Lipinski definition) is 9. The molecule has 0 aliphatic heterocycles. The van der Waals surface area contributed by atoms with Gasteiger partial charge in [-0.2, -0.15) is 0 Å². The van der Waals surface area contributed by atoms with E-state index >= 15 is 0 Å². The van der Waals surface area contributed by atoms with Gasteiger partial charge in [0, 0.05) is 42.9 Å². The van der Waals surface area contributed by atoms with Crippen molar-refractivity contribution in [2.24, 2.45) is 39.9 Å². The molecule has 0 heterocycles. The van der Waals surface area contributed by atoms with Crippen molar-refractivity contribution in [2.45, 2.75) is 83.9 Å². The maximum absolute atomic E-state index is 14.0. The van der Waals surface area contributed by atoms with Crippen LogP contribution in [0.4, 0.5) is 0 Å². The molecule has 1 spiro atoms. The van der Waals surface area contributed by atoms with Crippen molar-refractivity contribution in [1.82, 2.24) is 0 Å². The Morgan fingerprint density at radius 2 is 1.58 bits per heavy atom. The molecule has 11 atom stereocenters. The Morgan fingerprint density at radius 1 is 1.03 bits per heavy atom. The van der Waals surface area contributed by atoms with Gasteiger partial charge in [-0.05, 0) is 12.3 Å². The monoisotopic (exact) mass is 464 g/mol. The zero-order chi connectivity index (χ0) is 24.7. The van der Waals surface area contributed by atoms with E-state index in [-0.39, 0.29) is 18.1 Å². The van der Waals surface area contributed by atoms with Crippen LogP contribution < -0.4 is 0 Å². The lowest BCUT2D eigenvalue weighted by molar-refractivity contribution is -0.451. The largest absolute Gasteiger partial charge is 0.459 e. The quantitative estimate of drug-likeness (QED) is 0.486. The molecule has 5 saturated carbocycles. The lowest BCUT2D eigenvalue weighted by atomic mass is 9.23. The van der Waals surface area contributed by atoms with E-state index in [1.54, 1.807) is 27.7 Å². The van der Waals surface area contributed by atoms with Crippen LogP contribution in [0.1, 0.15) is 54.4 Å². The minimum absolute atomic E-state index is 0.0924. The van der Waals surface area contributed by atoms with Gasteiger partial charge < -0.3 is 24.8 Å². The van der Waals surface area contributed by atoms with Crippen molar-refractivity contribution >= 4 is 23.5 Å². The van der Waals surface area contributed by atoms with Gasteiger partial charge in [0.15, 0.2) is 5.78 Å². The lowest BCUT2D eigenvalue weighted by Gasteiger charge is -2.82. The zero-order valence-corrected chi connectivity index (χ0v) is 19.7. The topological polar surface area (TPSA) is 147 Å². The number of ether oxygens (including phenoxy) is 2. The molecule has 9 nitrogen and oxygen atoms in total. The molecule has 0 unspecified atom stereocenters. The van der Waals surface area contributed by atoms with Crippen molar-refractivity contribution in [3.63, 3.8) is 0 Å². The van der Waals surface area contributed by atoms with Crippen molar-refractivity contribution in [3.05, 3.63) is 0 Å². The number of carbonyl (C=O) groups excluding carboxylic acids is 4. The number of carbonyl (C=O) groups is 4. The predicted molar refractivity (Wildman–Crippen MR) is 110 cm³/mol. The van der Waals surface area contributed by atoms with Crippen LogP contribution in [0.3, 0.4) is 0 Å². The van der Waals surface area contributed by atoms with E-state index in [1.807, 2.05) is 0 Å². The first-order valence-corrected chi connectivity index (χ1v) is 11.6. The predicted octanol–water partition coefficient (Wildman–Crippen LogP) is 0.163. The third-order valence-corrected chi connectivity index (χ3v) is 10.2. The van der Waals surface area contributed by atoms with Gasteiger partial charge in [-0.3, -0.25) is 19.2 Å². The molecule has 0 amide bonds. The van der Waals surface area contributed by atoms with Gasteiger partial charge in [0.05, 0.1) is 11.3 Å². The van der Waals surface area contributed by atoms with Crippen LogP contribution in [0.2, 0.25) is 0 Å². The Bertz CT molecular complexity index is 1000. The molecule has 0 saturated heterocycles. The van der Waals surface area contributed by atoms with Crippen LogP contribution in [0.25, 0.3) is 0 Å². The fourth-order valence-corrected chi connectivity index (χ4v) is 8.89. The summed E-state index contributed by atoms with van der Waals surface area (Å²) in [7, 11) is 0. The van der Waals surface area contributed by atoms with Crippen LogP contribution in [0.15, 0.2) is 0 Å². The number of hydrogen-bond donors (Lipinski definition) is 3. The van der Waals surface area contributed by atoms with Crippen LogP contribution in [0, 0.1) is 39.9 Å². The second-order valence-electron chi connectivity index (χ2n) is 11.8. The summed E-state index contributed by atoms with van der Waals surface area (Å²) in [5.41, 5.74) is -7.92. The summed E-state index contributed by atoms with van der Waals surface area (Å²) in [5.74, 6) is -5.53. The summed E-state index contributed by atoms with van der Waals surface area (Å²) < 4.78 is 11.1. The molecule has 5 aliphatic rings. The Labute approximate surface area is 191 Å². The number of aliphatic hydroxyl groups excluding tert-OH is 1. The molecule has 0 aromatic carbocycles. The highest BCUT2D eigenvalue weighted by Gasteiger charge is 2.96. The van der Waals surface area contributed by atoms with E-state index in [0.29, 0.717) is 6.42 Å². The third-order valence-electron chi connectivity index (χ3n) is 10.2.